The molecule has 0 radical (unpaired) electrons. The van der Waals surface area contributed by atoms with Gasteiger partial charge in [-0.1, -0.05) is 6.07 Å². The largest absolute Gasteiger partial charge is 0.325 e. The van der Waals surface area contributed by atoms with Gasteiger partial charge in [0.25, 0.3) is 5.56 Å². The second kappa shape index (κ2) is 5.47. The number of halogens is 2. The molecule has 8 heteroatoms. The lowest BCUT2D eigenvalue weighted by Crippen LogP contribution is -2.25. The van der Waals surface area contributed by atoms with Gasteiger partial charge in [-0.2, -0.15) is 0 Å². The number of benzene rings is 1. The average Bonchev–Trinajstić information content (AvgIpc) is 2.32. The molecule has 1 amide bonds. The van der Waals surface area contributed by atoms with Crippen LogP contribution in [0.1, 0.15) is 5.69 Å². The summed E-state index contributed by atoms with van der Waals surface area (Å²) in [6, 6.07) is 4.16. The summed E-state index contributed by atoms with van der Waals surface area (Å²) in [5, 5.41) is 2.04. The highest BCUT2D eigenvalue weighted by Gasteiger charge is 2.12. The van der Waals surface area contributed by atoms with Gasteiger partial charge in [0.1, 0.15) is 17.3 Å². The summed E-state index contributed by atoms with van der Waals surface area (Å²) in [5.74, 6) is -2.61. The van der Waals surface area contributed by atoms with Crippen molar-refractivity contribution < 1.29 is 13.6 Å². The van der Waals surface area contributed by atoms with Crippen molar-refractivity contribution in [2.45, 2.75) is 6.42 Å². The third kappa shape index (κ3) is 3.16. The van der Waals surface area contributed by atoms with E-state index < -0.39 is 40.9 Å². The van der Waals surface area contributed by atoms with Crippen molar-refractivity contribution in [3.8, 4) is 0 Å². The standard InChI is InChI=1S/C12H9F2N3O3/c13-7-2-1-3-8(14)11(7)16-9(18)4-6-5-10(19)17-12(20)15-6/h1-3,5H,4H2,(H,16,18)(H2,15,17,19,20). The zero-order valence-corrected chi connectivity index (χ0v) is 10.00. The molecule has 1 aromatic carbocycles. The van der Waals surface area contributed by atoms with E-state index in [1.54, 1.807) is 0 Å². The first-order valence-electron chi connectivity index (χ1n) is 5.52. The van der Waals surface area contributed by atoms with E-state index in [0.29, 0.717) is 0 Å². The summed E-state index contributed by atoms with van der Waals surface area (Å²) in [5.41, 5.74) is -1.98. The fourth-order valence-corrected chi connectivity index (χ4v) is 1.59. The van der Waals surface area contributed by atoms with Crippen LogP contribution in [0.25, 0.3) is 0 Å². The van der Waals surface area contributed by atoms with Gasteiger partial charge in [-0.3, -0.25) is 14.6 Å². The molecular formula is C12H9F2N3O3. The van der Waals surface area contributed by atoms with Crippen LogP contribution in [0, 0.1) is 11.6 Å². The van der Waals surface area contributed by atoms with Crippen molar-refractivity contribution in [3.05, 3.63) is 62.4 Å². The minimum absolute atomic E-state index is 0.0352. The smallest absolute Gasteiger partial charge is 0.321 e. The van der Waals surface area contributed by atoms with Gasteiger partial charge in [0.2, 0.25) is 5.91 Å². The number of hydrogen-bond donors (Lipinski definition) is 3. The highest BCUT2D eigenvalue weighted by molar-refractivity contribution is 5.92. The van der Waals surface area contributed by atoms with Crippen molar-refractivity contribution in [3.63, 3.8) is 0 Å². The summed E-state index contributed by atoms with van der Waals surface area (Å²) < 4.78 is 26.6. The molecule has 0 spiro atoms. The van der Waals surface area contributed by atoms with E-state index in [9.17, 15) is 23.2 Å². The first-order chi connectivity index (χ1) is 9.45. The predicted octanol–water partition coefficient (Wildman–Crippen LogP) is 0.523. The molecule has 0 fully saturated rings. The number of H-pyrrole nitrogens is 2. The van der Waals surface area contributed by atoms with Gasteiger partial charge < -0.3 is 10.3 Å². The first-order valence-corrected chi connectivity index (χ1v) is 5.52. The molecule has 1 aromatic heterocycles. The third-order valence-electron chi connectivity index (χ3n) is 2.39. The van der Waals surface area contributed by atoms with Gasteiger partial charge >= 0.3 is 5.69 Å². The Bertz CT molecular complexity index is 719. The Morgan fingerprint density at radius 2 is 1.80 bits per heavy atom. The average molecular weight is 281 g/mol. The minimum atomic E-state index is -0.919. The number of carbonyl (C=O) groups is 1. The Hall–Kier alpha value is -2.77. The van der Waals surface area contributed by atoms with Crippen LogP contribution in [-0.2, 0) is 11.2 Å². The van der Waals surface area contributed by atoms with E-state index >= 15 is 0 Å². The summed E-state index contributed by atoms with van der Waals surface area (Å²) in [7, 11) is 0. The molecule has 0 unspecified atom stereocenters. The number of para-hydroxylation sites is 1. The van der Waals surface area contributed by atoms with Crippen molar-refractivity contribution in [1.29, 1.82) is 0 Å². The van der Waals surface area contributed by atoms with E-state index in [2.05, 4.69) is 4.98 Å². The molecule has 104 valence electrons. The van der Waals surface area contributed by atoms with Crippen LogP contribution in [0.4, 0.5) is 14.5 Å². The zero-order chi connectivity index (χ0) is 14.7. The number of hydrogen-bond acceptors (Lipinski definition) is 3. The van der Waals surface area contributed by atoms with Crippen LogP contribution >= 0.6 is 0 Å². The van der Waals surface area contributed by atoms with Crippen molar-refractivity contribution in [1.82, 2.24) is 9.97 Å². The molecule has 1 heterocycles. The fourth-order valence-electron chi connectivity index (χ4n) is 1.59. The van der Waals surface area contributed by atoms with Crippen LogP contribution in [0.5, 0.6) is 0 Å². The van der Waals surface area contributed by atoms with E-state index in [-0.39, 0.29) is 5.69 Å². The first kappa shape index (κ1) is 13.7. The van der Waals surface area contributed by atoms with Crippen LogP contribution in [0.3, 0.4) is 0 Å². The van der Waals surface area contributed by atoms with E-state index in [1.165, 1.54) is 0 Å². The van der Waals surface area contributed by atoms with Crippen LogP contribution in [0.2, 0.25) is 0 Å². The van der Waals surface area contributed by atoms with E-state index in [1.807, 2.05) is 10.3 Å². The minimum Gasteiger partial charge on any atom is -0.321 e. The lowest BCUT2D eigenvalue weighted by atomic mass is 10.2. The molecule has 0 bridgehead atoms. The predicted molar refractivity (Wildman–Crippen MR) is 66.4 cm³/mol. The maximum atomic E-state index is 13.3. The second-order valence-corrected chi connectivity index (χ2v) is 3.93. The molecule has 2 aromatic rings. The van der Waals surface area contributed by atoms with Gasteiger partial charge in [0.15, 0.2) is 0 Å². The van der Waals surface area contributed by atoms with Gasteiger partial charge in [0, 0.05) is 11.8 Å². The molecule has 2 rings (SSSR count). The molecular weight excluding hydrogens is 272 g/mol. The van der Waals surface area contributed by atoms with Crippen LogP contribution in [-0.4, -0.2) is 15.9 Å². The Morgan fingerprint density at radius 1 is 1.15 bits per heavy atom. The van der Waals surface area contributed by atoms with Crippen molar-refractivity contribution in [2.75, 3.05) is 5.32 Å². The van der Waals surface area contributed by atoms with Crippen molar-refractivity contribution >= 4 is 11.6 Å². The summed E-state index contributed by atoms with van der Waals surface area (Å²) in [6.07, 6.45) is -0.396. The van der Waals surface area contributed by atoms with E-state index in [4.69, 9.17) is 0 Å². The molecule has 0 saturated heterocycles. The van der Waals surface area contributed by atoms with Gasteiger partial charge in [-0.15, -0.1) is 0 Å². The zero-order valence-electron chi connectivity index (χ0n) is 10.00. The lowest BCUT2D eigenvalue weighted by molar-refractivity contribution is -0.115. The normalized spacial score (nSPS) is 10.3. The Morgan fingerprint density at radius 3 is 2.40 bits per heavy atom. The number of carbonyl (C=O) groups excluding carboxylic acids is 1. The fraction of sp³-hybridized carbons (Fsp3) is 0.0833. The number of aromatic amines is 2. The summed E-state index contributed by atoms with van der Waals surface area (Å²) in [4.78, 5) is 37.8. The van der Waals surface area contributed by atoms with Crippen LogP contribution < -0.4 is 16.6 Å². The maximum Gasteiger partial charge on any atom is 0.325 e. The Balaban J connectivity index is 2.17. The highest BCUT2D eigenvalue weighted by Crippen LogP contribution is 2.17. The summed E-state index contributed by atoms with van der Waals surface area (Å²) in [6.45, 7) is 0. The molecule has 0 saturated carbocycles. The Labute approximate surface area is 110 Å². The quantitative estimate of drug-likeness (QED) is 0.765. The number of anilines is 1. The SMILES string of the molecule is O=C(Cc1cc(=O)[nH]c(=O)[nH]1)Nc1c(F)cccc1F. The van der Waals surface area contributed by atoms with Gasteiger partial charge in [-0.05, 0) is 12.1 Å². The Kier molecular flexibility index (Phi) is 3.74. The molecule has 0 atom stereocenters. The molecule has 6 nitrogen and oxygen atoms in total. The van der Waals surface area contributed by atoms with Gasteiger partial charge in [0.05, 0.1) is 6.42 Å². The lowest BCUT2D eigenvalue weighted by Gasteiger charge is -2.07. The van der Waals surface area contributed by atoms with Crippen LogP contribution in [0.15, 0.2) is 33.9 Å². The monoisotopic (exact) mass is 281 g/mol. The van der Waals surface area contributed by atoms with E-state index in [0.717, 1.165) is 24.3 Å². The molecule has 0 aliphatic heterocycles. The molecule has 20 heavy (non-hydrogen) atoms. The number of nitrogens with one attached hydrogen (secondary N) is 3. The number of aromatic nitrogens is 2. The summed E-state index contributed by atoms with van der Waals surface area (Å²) >= 11 is 0. The second-order valence-electron chi connectivity index (χ2n) is 3.93. The number of rotatable bonds is 3. The highest BCUT2D eigenvalue weighted by atomic mass is 19.1. The third-order valence-corrected chi connectivity index (χ3v) is 2.39. The maximum absolute atomic E-state index is 13.3. The molecule has 3 N–H and O–H groups in total. The van der Waals surface area contributed by atoms with Gasteiger partial charge in [-0.25, -0.2) is 13.6 Å². The van der Waals surface area contributed by atoms with Crippen molar-refractivity contribution in [2.24, 2.45) is 0 Å². The number of amides is 1. The molecule has 0 aliphatic rings. The topological polar surface area (TPSA) is 94.8 Å². The molecule has 0 aliphatic carbocycles.